The third kappa shape index (κ3) is 3.09. The van der Waals surface area contributed by atoms with Crippen molar-refractivity contribution in [1.29, 1.82) is 0 Å². The van der Waals surface area contributed by atoms with E-state index in [-0.39, 0.29) is 12.2 Å². The minimum Gasteiger partial charge on any atom is -0.399 e. The van der Waals surface area contributed by atoms with Gasteiger partial charge in [-0.3, -0.25) is 4.98 Å². The number of nitrogen functional groups attached to an aromatic ring is 1. The fraction of sp³-hybridized carbons (Fsp3) is 0.0833. The molecule has 1 heterocycles. The molecule has 0 saturated carbocycles. The van der Waals surface area contributed by atoms with Crippen molar-refractivity contribution in [3.63, 3.8) is 0 Å². The average Bonchev–Trinajstić information content (AvgIpc) is 2.42. The molecule has 5 nitrogen and oxygen atoms in total. The van der Waals surface area contributed by atoms with Crippen LogP contribution in [0.3, 0.4) is 0 Å². The molecule has 20 heavy (non-hydrogen) atoms. The van der Waals surface area contributed by atoms with Crippen molar-refractivity contribution in [2.45, 2.75) is 11.4 Å². The zero-order chi connectivity index (χ0) is 14.8. The predicted octanol–water partition coefficient (Wildman–Crippen LogP) is 1.42. The van der Waals surface area contributed by atoms with Gasteiger partial charge in [-0.05, 0) is 29.8 Å². The number of nitrogens with zero attached hydrogens (tertiary/aromatic N) is 1. The van der Waals surface area contributed by atoms with Gasteiger partial charge in [0.25, 0.3) is 0 Å². The number of sulfonamides is 1. The minimum atomic E-state index is -4.20. The van der Waals surface area contributed by atoms with Crippen molar-refractivity contribution in [3.05, 3.63) is 53.9 Å². The van der Waals surface area contributed by atoms with Gasteiger partial charge in [-0.15, -0.1) is 0 Å². The lowest BCUT2D eigenvalue weighted by Gasteiger charge is -2.09. The van der Waals surface area contributed by atoms with E-state index < -0.39 is 26.6 Å². The third-order valence-corrected chi connectivity index (χ3v) is 3.92. The Hall–Kier alpha value is -2.06. The number of benzene rings is 1. The Labute approximate surface area is 114 Å². The summed E-state index contributed by atoms with van der Waals surface area (Å²) in [6, 6.07) is 4.78. The molecule has 0 aliphatic carbocycles. The predicted molar refractivity (Wildman–Crippen MR) is 69.0 cm³/mol. The third-order valence-electron chi connectivity index (χ3n) is 2.52. The van der Waals surface area contributed by atoms with Gasteiger partial charge in [-0.25, -0.2) is 21.9 Å². The highest BCUT2D eigenvalue weighted by Crippen LogP contribution is 2.21. The number of aromatic nitrogens is 1. The standard InChI is InChI=1S/C12H11F2N3O2S/c13-10-5-9(15)6-11(12(10)14)20(18,19)17-7-8-1-3-16-4-2-8/h1-6,17H,7,15H2. The SMILES string of the molecule is Nc1cc(F)c(F)c(S(=O)(=O)NCc2ccncc2)c1. The minimum absolute atomic E-state index is 0.0687. The summed E-state index contributed by atoms with van der Waals surface area (Å²) in [5.41, 5.74) is 5.78. The normalized spacial score (nSPS) is 11.5. The molecule has 0 atom stereocenters. The van der Waals surface area contributed by atoms with E-state index in [4.69, 9.17) is 5.73 Å². The summed E-state index contributed by atoms with van der Waals surface area (Å²) in [5.74, 6) is -2.77. The highest BCUT2D eigenvalue weighted by Gasteiger charge is 2.22. The van der Waals surface area contributed by atoms with E-state index in [0.717, 1.165) is 12.1 Å². The fourth-order valence-electron chi connectivity index (χ4n) is 1.54. The summed E-state index contributed by atoms with van der Waals surface area (Å²) in [7, 11) is -4.20. The van der Waals surface area contributed by atoms with E-state index in [1.165, 1.54) is 12.4 Å². The van der Waals surface area contributed by atoms with E-state index in [1.54, 1.807) is 12.1 Å². The monoisotopic (exact) mass is 299 g/mol. The number of nitrogens with two attached hydrogens (primary N) is 1. The first kappa shape index (κ1) is 14.4. The largest absolute Gasteiger partial charge is 0.399 e. The summed E-state index contributed by atoms with van der Waals surface area (Å²) in [4.78, 5) is 2.97. The number of anilines is 1. The maximum absolute atomic E-state index is 13.5. The van der Waals surface area contributed by atoms with Crippen molar-refractivity contribution in [3.8, 4) is 0 Å². The Balaban J connectivity index is 2.27. The van der Waals surface area contributed by atoms with Crippen molar-refractivity contribution in [1.82, 2.24) is 9.71 Å². The molecule has 0 aliphatic heterocycles. The van der Waals surface area contributed by atoms with Crippen LogP contribution in [0.5, 0.6) is 0 Å². The van der Waals surface area contributed by atoms with Gasteiger partial charge in [0, 0.05) is 24.6 Å². The van der Waals surface area contributed by atoms with Crippen molar-refractivity contribution >= 4 is 15.7 Å². The molecular weight excluding hydrogens is 288 g/mol. The number of rotatable bonds is 4. The number of hydrogen-bond acceptors (Lipinski definition) is 4. The van der Waals surface area contributed by atoms with Gasteiger partial charge in [-0.1, -0.05) is 0 Å². The van der Waals surface area contributed by atoms with Gasteiger partial charge in [-0.2, -0.15) is 0 Å². The second kappa shape index (κ2) is 5.51. The Bertz CT molecular complexity index is 721. The number of hydrogen-bond donors (Lipinski definition) is 2. The molecule has 2 aromatic rings. The fourth-order valence-corrected chi connectivity index (χ4v) is 2.67. The van der Waals surface area contributed by atoms with Gasteiger partial charge in [0.15, 0.2) is 11.6 Å². The average molecular weight is 299 g/mol. The van der Waals surface area contributed by atoms with Gasteiger partial charge in [0.2, 0.25) is 10.0 Å². The molecule has 0 fully saturated rings. The highest BCUT2D eigenvalue weighted by molar-refractivity contribution is 7.89. The molecular formula is C12H11F2N3O2S. The van der Waals surface area contributed by atoms with Gasteiger partial charge >= 0.3 is 0 Å². The zero-order valence-corrected chi connectivity index (χ0v) is 11.0. The molecule has 1 aromatic heterocycles. The zero-order valence-electron chi connectivity index (χ0n) is 10.2. The highest BCUT2D eigenvalue weighted by atomic mass is 32.2. The van der Waals surface area contributed by atoms with E-state index in [0.29, 0.717) is 5.56 Å². The number of nitrogens with one attached hydrogen (secondary N) is 1. The summed E-state index contributed by atoms with van der Waals surface area (Å²) < 4.78 is 52.8. The molecule has 0 spiro atoms. The first-order valence-corrected chi connectivity index (χ1v) is 7.01. The molecule has 0 radical (unpaired) electrons. The smallest absolute Gasteiger partial charge is 0.243 e. The van der Waals surface area contributed by atoms with Crippen LogP contribution < -0.4 is 10.5 Å². The van der Waals surface area contributed by atoms with Crippen LogP contribution in [0.1, 0.15) is 5.56 Å². The molecule has 1 aromatic carbocycles. The summed E-state index contributed by atoms with van der Waals surface area (Å²) in [5, 5.41) is 0. The Morgan fingerprint density at radius 1 is 1.20 bits per heavy atom. The van der Waals surface area contributed by atoms with E-state index >= 15 is 0 Å². The second-order valence-corrected chi connectivity index (χ2v) is 5.73. The first-order chi connectivity index (χ1) is 9.40. The summed E-state index contributed by atoms with van der Waals surface area (Å²) in [6.45, 7) is -0.0687. The molecule has 106 valence electrons. The Morgan fingerprint density at radius 3 is 2.50 bits per heavy atom. The molecule has 2 rings (SSSR count). The lowest BCUT2D eigenvalue weighted by atomic mass is 10.3. The molecule has 0 bridgehead atoms. The van der Waals surface area contributed by atoms with E-state index in [9.17, 15) is 17.2 Å². The van der Waals surface area contributed by atoms with Gasteiger partial charge < -0.3 is 5.73 Å². The van der Waals surface area contributed by atoms with Crippen LogP contribution in [0.4, 0.5) is 14.5 Å². The van der Waals surface area contributed by atoms with Crippen molar-refractivity contribution < 1.29 is 17.2 Å². The van der Waals surface area contributed by atoms with E-state index in [2.05, 4.69) is 9.71 Å². The maximum atomic E-state index is 13.5. The van der Waals surface area contributed by atoms with Gasteiger partial charge in [0.1, 0.15) is 4.90 Å². The number of pyridine rings is 1. The van der Waals surface area contributed by atoms with Crippen LogP contribution in [0.2, 0.25) is 0 Å². The van der Waals surface area contributed by atoms with E-state index in [1.807, 2.05) is 0 Å². The molecule has 8 heteroatoms. The summed E-state index contributed by atoms with van der Waals surface area (Å²) in [6.07, 6.45) is 2.98. The van der Waals surface area contributed by atoms with Gasteiger partial charge in [0.05, 0.1) is 0 Å². The molecule has 3 N–H and O–H groups in total. The molecule has 0 unspecified atom stereocenters. The van der Waals surface area contributed by atoms with Crippen LogP contribution in [0, 0.1) is 11.6 Å². The second-order valence-electron chi connectivity index (χ2n) is 3.99. The van der Waals surface area contributed by atoms with Crippen LogP contribution >= 0.6 is 0 Å². The van der Waals surface area contributed by atoms with Crippen LogP contribution in [-0.4, -0.2) is 13.4 Å². The van der Waals surface area contributed by atoms with Crippen molar-refractivity contribution in [2.24, 2.45) is 0 Å². The maximum Gasteiger partial charge on any atom is 0.243 e. The quantitative estimate of drug-likeness (QED) is 0.836. The molecule has 0 saturated heterocycles. The summed E-state index contributed by atoms with van der Waals surface area (Å²) >= 11 is 0. The lowest BCUT2D eigenvalue weighted by molar-refractivity contribution is 0.484. The van der Waals surface area contributed by atoms with Crippen LogP contribution in [0.15, 0.2) is 41.6 Å². The first-order valence-electron chi connectivity index (χ1n) is 5.53. The topological polar surface area (TPSA) is 85.1 Å². The Kier molecular flexibility index (Phi) is 3.96. The van der Waals surface area contributed by atoms with Crippen molar-refractivity contribution in [2.75, 3.05) is 5.73 Å². The van der Waals surface area contributed by atoms with Crippen LogP contribution in [0.25, 0.3) is 0 Å². The lowest BCUT2D eigenvalue weighted by Crippen LogP contribution is -2.24. The molecule has 0 amide bonds. The van der Waals surface area contributed by atoms with Crippen LogP contribution in [-0.2, 0) is 16.6 Å². The Morgan fingerprint density at radius 2 is 1.85 bits per heavy atom. The number of halogens is 2. The molecule has 0 aliphatic rings.